The van der Waals surface area contributed by atoms with E-state index in [0.29, 0.717) is 11.3 Å². The Balaban J connectivity index is 1.74. The topological polar surface area (TPSA) is 75.3 Å². The Kier molecular flexibility index (Phi) is 6.60. The van der Waals surface area contributed by atoms with Crippen LogP contribution >= 0.6 is 22.6 Å². The lowest BCUT2D eigenvalue weighted by atomic mass is 10.1. The third-order valence-electron chi connectivity index (χ3n) is 4.30. The van der Waals surface area contributed by atoms with E-state index in [1.165, 1.54) is 30.3 Å². The Morgan fingerprint density at radius 2 is 1.61 bits per heavy atom. The molecule has 1 amide bonds. The minimum Gasteiger partial charge on any atom is -0.322 e. The molecule has 0 aliphatic heterocycles. The van der Waals surface area contributed by atoms with Gasteiger partial charge < -0.3 is 5.32 Å². The summed E-state index contributed by atoms with van der Waals surface area (Å²) in [6.07, 6.45) is -4.59. The van der Waals surface area contributed by atoms with Gasteiger partial charge in [0.25, 0.3) is 15.9 Å². The Morgan fingerprint density at radius 3 is 2.23 bits per heavy atom. The van der Waals surface area contributed by atoms with E-state index in [1.807, 2.05) is 13.0 Å². The normalized spacial score (nSPS) is 11.8. The van der Waals surface area contributed by atoms with Crippen molar-refractivity contribution in [2.24, 2.45) is 0 Å². The molecule has 10 heteroatoms. The molecule has 3 aromatic carbocycles. The number of halogens is 4. The predicted octanol–water partition coefficient (Wildman–Crippen LogP) is 5.67. The Labute approximate surface area is 190 Å². The van der Waals surface area contributed by atoms with Crippen LogP contribution in [0.3, 0.4) is 0 Å². The smallest absolute Gasteiger partial charge is 0.322 e. The molecule has 0 saturated carbocycles. The van der Waals surface area contributed by atoms with Crippen molar-refractivity contribution < 1.29 is 26.4 Å². The van der Waals surface area contributed by atoms with Crippen LogP contribution < -0.4 is 10.0 Å². The number of nitrogens with one attached hydrogen (secondary N) is 2. The number of aryl methyl sites for hydroxylation is 1. The van der Waals surface area contributed by atoms with Crippen molar-refractivity contribution in [2.45, 2.75) is 18.0 Å². The van der Waals surface area contributed by atoms with E-state index in [9.17, 15) is 26.4 Å². The van der Waals surface area contributed by atoms with Crippen molar-refractivity contribution in [3.05, 3.63) is 87.0 Å². The first-order valence-corrected chi connectivity index (χ1v) is 11.4. The highest BCUT2D eigenvalue weighted by Gasteiger charge is 2.30. The van der Waals surface area contributed by atoms with Crippen LogP contribution in [0.4, 0.5) is 24.5 Å². The van der Waals surface area contributed by atoms with Crippen LogP contribution in [-0.2, 0) is 16.2 Å². The van der Waals surface area contributed by atoms with Gasteiger partial charge in [0.15, 0.2) is 0 Å². The van der Waals surface area contributed by atoms with E-state index in [0.717, 1.165) is 27.3 Å². The average molecular weight is 560 g/mol. The quantitative estimate of drug-likeness (QED) is 0.395. The summed E-state index contributed by atoms with van der Waals surface area (Å²) in [7, 11) is -4.11. The molecule has 3 rings (SSSR count). The van der Waals surface area contributed by atoms with Crippen LogP contribution in [0.5, 0.6) is 0 Å². The number of benzene rings is 3. The zero-order valence-corrected chi connectivity index (χ0v) is 19.0. The minimum atomic E-state index is -4.59. The zero-order valence-electron chi connectivity index (χ0n) is 16.0. The summed E-state index contributed by atoms with van der Waals surface area (Å²) in [6, 6.07) is 14.5. The molecule has 0 aliphatic carbocycles. The molecule has 0 radical (unpaired) electrons. The van der Waals surface area contributed by atoms with Crippen molar-refractivity contribution in [1.29, 1.82) is 0 Å². The number of hydrogen-bond donors (Lipinski definition) is 2. The maximum Gasteiger partial charge on any atom is 0.416 e. The minimum absolute atomic E-state index is 0.159. The van der Waals surface area contributed by atoms with Crippen LogP contribution in [0.1, 0.15) is 21.5 Å². The Bertz CT molecular complexity index is 1230. The predicted molar refractivity (Wildman–Crippen MR) is 121 cm³/mol. The zero-order chi connectivity index (χ0) is 22.8. The molecular formula is C21H16F3IN2O3S. The van der Waals surface area contributed by atoms with Crippen LogP contribution in [0.2, 0.25) is 0 Å². The van der Waals surface area contributed by atoms with Crippen molar-refractivity contribution in [3.63, 3.8) is 0 Å². The van der Waals surface area contributed by atoms with E-state index in [1.54, 1.807) is 12.1 Å². The fraction of sp³-hybridized carbons (Fsp3) is 0.0952. The molecule has 2 N–H and O–H groups in total. The molecule has 0 atom stereocenters. The molecule has 0 fully saturated rings. The van der Waals surface area contributed by atoms with Crippen LogP contribution in [-0.4, -0.2) is 14.3 Å². The third kappa shape index (κ3) is 5.76. The standard InChI is InChI=1S/C21H16F3IN2O3S/c1-13-5-6-14(11-19(13)25)20(28)26-16-7-9-18(10-8-16)31(29,30)27-17-4-2-3-15(12-17)21(22,23)24/h2-12,27H,1H3,(H,26,28). The molecule has 5 nitrogen and oxygen atoms in total. The number of anilines is 2. The second-order valence-corrected chi connectivity index (χ2v) is 9.47. The van der Waals surface area contributed by atoms with E-state index >= 15 is 0 Å². The van der Waals surface area contributed by atoms with Gasteiger partial charge >= 0.3 is 6.18 Å². The maximum absolute atomic E-state index is 12.8. The van der Waals surface area contributed by atoms with E-state index < -0.39 is 21.8 Å². The van der Waals surface area contributed by atoms with E-state index in [2.05, 4.69) is 32.6 Å². The summed E-state index contributed by atoms with van der Waals surface area (Å²) in [5, 5.41) is 2.67. The molecule has 0 aliphatic rings. The van der Waals surface area contributed by atoms with E-state index in [4.69, 9.17) is 0 Å². The highest BCUT2D eigenvalue weighted by atomic mass is 127. The summed E-state index contributed by atoms with van der Waals surface area (Å²) in [4.78, 5) is 12.2. The van der Waals surface area contributed by atoms with Gasteiger partial charge in [-0.2, -0.15) is 13.2 Å². The molecule has 3 aromatic rings. The molecule has 31 heavy (non-hydrogen) atoms. The van der Waals surface area contributed by atoms with Crippen molar-refractivity contribution in [3.8, 4) is 0 Å². The first-order chi connectivity index (χ1) is 14.5. The van der Waals surface area contributed by atoms with Gasteiger partial charge in [-0.1, -0.05) is 12.1 Å². The third-order valence-corrected chi connectivity index (χ3v) is 6.86. The fourth-order valence-corrected chi connectivity index (χ4v) is 4.19. The number of carbonyl (C=O) groups is 1. The lowest BCUT2D eigenvalue weighted by molar-refractivity contribution is -0.137. The highest BCUT2D eigenvalue weighted by molar-refractivity contribution is 14.1. The van der Waals surface area contributed by atoms with Gasteiger partial charge in [-0.25, -0.2) is 8.42 Å². The average Bonchev–Trinajstić information content (AvgIpc) is 2.69. The lowest BCUT2D eigenvalue weighted by Crippen LogP contribution is -2.15. The molecule has 0 aromatic heterocycles. The Hall–Kier alpha value is -2.60. The van der Waals surface area contributed by atoms with Gasteiger partial charge in [0.05, 0.1) is 10.5 Å². The van der Waals surface area contributed by atoms with Gasteiger partial charge in [-0.3, -0.25) is 9.52 Å². The number of sulfonamides is 1. The van der Waals surface area contributed by atoms with Crippen molar-refractivity contribution in [2.75, 3.05) is 10.0 Å². The van der Waals surface area contributed by atoms with Crippen molar-refractivity contribution >= 4 is 49.9 Å². The number of amides is 1. The molecule has 0 unspecified atom stereocenters. The lowest BCUT2D eigenvalue weighted by Gasteiger charge is -2.12. The van der Waals surface area contributed by atoms with Crippen LogP contribution in [0.25, 0.3) is 0 Å². The van der Waals surface area contributed by atoms with Crippen LogP contribution in [0, 0.1) is 10.5 Å². The first kappa shape index (κ1) is 23.1. The number of alkyl halides is 3. The molecule has 162 valence electrons. The van der Waals surface area contributed by atoms with Crippen molar-refractivity contribution in [1.82, 2.24) is 0 Å². The largest absolute Gasteiger partial charge is 0.416 e. The summed E-state index contributed by atoms with van der Waals surface area (Å²) in [5.74, 6) is -0.351. The van der Waals surface area contributed by atoms with Gasteiger partial charge in [0.2, 0.25) is 0 Å². The maximum atomic E-state index is 12.8. The van der Waals surface area contributed by atoms with E-state index in [-0.39, 0.29) is 16.5 Å². The molecule has 0 spiro atoms. The molecular weight excluding hydrogens is 544 g/mol. The summed E-state index contributed by atoms with van der Waals surface area (Å²) >= 11 is 2.13. The molecule has 0 saturated heterocycles. The number of carbonyl (C=O) groups excluding carboxylic acids is 1. The van der Waals surface area contributed by atoms with Gasteiger partial charge in [0.1, 0.15) is 0 Å². The number of hydrogen-bond acceptors (Lipinski definition) is 3. The summed E-state index contributed by atoms with van der Waals surface area (Å²) in [6.45, 7) is 1.93. The SMILES string of the molecule is Cc1ccc(C(=O)Nc2ccc(S(=O)(=O)Nc3cccc(C(F)(F)F)c3)cc2)cc1I. The van der Waals surface area contributed by atoms with Crippen LogP contribution in [0.15, 0.2) is 71.6 Å². The first-order valence-electron chi connectivity index (χ1n) is 8.83. The number of rotatable bonds is 5. The van der Waals surface area contributed by atoms with Gasteiger partial charge in [-0.05, 0) is 89.7 Å². The monoisotopic (exact) mass is 560 g/mol. The van der Waals surface area contributed by atoms with Gasteiger partial charge in [-0.15, -0.1) is 0 Å². The molecule has 0 heterocycles. The summed E-state index contributed by atoms with van der Waals surface area (Å²) in [5.41, 5.74) is 0.703. The fourth-order valence-electron chi connectivity index (χ4n) is 2.63. The Morgan fingerprint density at radius 1 is 0.935 bits per heavy atom. The summed E-state index contributed by atoms with van der Waals surface area (Å²) < 4.78 is 66.6. The molecule has 0 bridgehead atoms. The second-order valence-electron chi connectivity index (χ2n) is 6.63. The van der Waals surface area contributed by atoms with Gasteiger partial charge in [0, 0.05) is 20.5 Å². The highest BCUT2D eigenvalue weighted by Crippen LogP contribution is 2.31. The second kappa shape index (κ2) is 8.87.